The lowest BCUT2D eigenvalue weighted by Crippen LogP contribution is -2.38. The van der Waals surface area contributed by atoms with Crippen LogP contribution in [0.2, 0.25) is 0 Å². The third-order valence-corrected chi connectivity index (χ3v) is 6.56. The number of amides is 2. The summed E-state index contributed by atoms with van der Waals surface area (Å²) in [6.45, 7) is 3.69. The number of carbonyl (C=O) groups is 2. The van der Waals surface area contributed by atoms with Crippen molar-refractivity contribution in [1.82, 2.24) is 4.90 Å². The van der Waals surface area contributed by atoms with Crippen molar-refractivity contribution >= 4 is 17.9 Å². The molecular weight excluding hydrogens is 382 g/mol. The lowest BCUT2D eigenvalue weighted by molar-refractivity contribution is -0.138. The van der Waals surface area contributed by atoms with Crippen LogP contribution in [0.4, 0.5) is 0 Å². The van der Waals surface area contributed by atoms with Gasteiger partial charge in [-0.2, -0.15) is 0 Å². The van der Waals surface area contributed by atoms with Gasteiger partial charge in [-0.25, -0.2) is 0 Å². The van der Waals surface area contributed by atoms with Crippen molar-refractivity contribution in [2.24, 2.45) is 17.8 Å². The third kappa shape index (κ3) is 4.20. The average Bonchev–Trinajstić information content (AvgIpc) is 2.95. The van der Waals surface area contributed by atoms with Crippen LogP contribution in [0.25, 0.3) is 6.08 Å². The zero-order valence-corrected chi connectivity index (χ0v) is 17.8. The van der Waals surface area contributed by atoms with Crippen molar-refractivity contribution in [3.63, 3.8) is 0 Å². The van der Waals surface area contributed by atoms with Crippen molar-refractivity contribution < 1.29 is 24.9 Å². The van der Waals surface area contributed by atoms with Crippen molar-refractivity contribution in [3.8, 4) is 5.75 Å². The first-order valence-electron chi connectivity index (χ1n) is 10.6. The lowest BCUT2D eigenvalue weighted by atomic mass is 9.68. The van der Waals surface area contributed by atoms with Gasteiger partial charge in [0.25, 0.3) is 0 Å². The lowest BCUT2D eigenvalue weighted by Gasteiger charge is -2.35. The van der Waals surface area contributed by atoms with E-state index in [1.807, 2.05) is 19.1 Å². The van der Waals surface area contributed by atoms with E-state index in [2.05, 4.69) is 13.0 Å². The molecule has 6 heteroatoms. The van der Waals surface area contributed by atoms with E-state index < -0.39 is 23.9 Å². The molecule has 1 aromatic carbocycles. The van der Waals surface area contributed by atoms with Crippen molar-refractivity contribution in [2.45, 2.75) is 45.6 Å². The number of benzene rings is 1. The Morgan fingerprint density at radius 1 is 1.23 bits per heavy atom. The molecule has 1 aromatic rings. The summed E-state index contributed by atoms with van der Waals surface area (Å²) in [5.74, 6) is -1.77. The van der Waals surface area contributed by atoms with Gasteiger partial charge in [0, 0.05) is 13.0 Å². The number of aromatic hydroxyl groups is 1. The fourth-order valence-corrected chi connectivity index (χ4v) is 4.91. The van der Waals surface area contributed by atoms with E-state index in [0.29, 0.717) is 19.3 Å². The van der Waals surface area contributed by atoms with E-state index in [1.165, 1.54) is 12.6 Å². The van der Waals surface area contributed by atoms with Gasteiger partial charge in [-0.3, -0.25) is 14.5 Å². The maximum Gasteiger partial charge on any atom is 0.233 e. The molecule has 3 N–H and O–H groups in total. The van der Waals surface area contributed by atoms with Crippen molar-refractivity contribution in [3.05, 3.63) is 46.5 Å². The van der Waals surface area contributed by atoms with Crippen LogP contribution in [0.15, 0.2) is 41.0 Å². The number of nitrogens with zero attached hydrogens (tertiary/aromatic N) is 1. The van der Waals surface area contributed by atoms with E-state index in [4.69, 9.17) is 0 Å². The number of likely N-dealkylation sites (tertiary alicyclic amines) is 1. The number of hydrogen-bond acceptors (Lipinski definition) is 5. The standard InChI is InChI=1S/C24H31NO5/c1-4-15(12-16-5-8-17(27)9-6-16)7-10-20(28)21-14(2)11-18-22(19(21)13-26)24(30)25(3)23(18)29/h5-6,8-9,12,18-20,22,26-28H,4,7,10-11,13H2,1-3H3/b15-12+/t18-,19+,20-,22-/m1/s1. The fourth-order valence-electron chi connectivity index (χ4n) is 4.91. The first-order valence-corrected chi connectivity index (χ1v) is 10.6. The third-order valence-electron chi connectivity index (χ3n) is 6.56. The number of rotatable bonds is 7. The molecule has 1 saturated heterocycles. The molecule has 3 rings (SSSR count). The van der Waals surface area contributed by atoms with Gasteiger partial charge in [-0.15, -0.1) is 0 Å². The van der Waals surface area contributed by atoms with Gasteiger partial charge in [-0.05, 0) is 55.9 Å². The zero-order chi connectivity index (χ0) is 22.0. The number of carbonyl (C=O) groups excluding carboxylic acids is 2. The monoisotopic (exact) mass is 413 g/mol. The Kier molecular flexibility index (Phi) is 6.78. The molecule has 4 atom stereocenters. The molecule has 1 aliphatic carbocycles. The number of allylic oxidation sites excluding steroid dienone is 2. The highest BCUT2D eigenvalue weighted by Gasteiger charge is 2.53. The first kappa shape index (κ1) is 22.2. The molecule has 2 aliphatic rings. The Hall–Kier alpha value is -2.44. The van der Waals surface area contributed by atoms with Gasteiger partial charge < -0.3 is 15.3 Å². The SMILES string of the molecule is CC/C(=C\c1ccc(O)cc1)CC[C@@H](O)C1=C(C)C[C@H]2C(=O)N(C)C(=O)[C@H]2[C@H]1CO. The summed E-state index contributed by atoms with van der Waals surface area (Å²) in [4.78, 5) is 26.2. The molecule has 162 valence electrons. The van der Waals surface area contributed by atoms with Crippen LogP contribution in [-0.2, 0) is 9.59 Å². The van der Waals surface area contributed by atoms with E-state index >= 15 is 0 Å². The molecule has 0 radical (unpaired) electrons. The topological polar surface area (TPSA) is 98.1 Å². The van der Waals surface area contributed by atoms with E-state index in [1.54, 1.807) is 12.1 Å². The van der Waals surface area contributed by atoms with Crippen LogP contribution in [0.1, 0.15) is 45.1 Å². The van der Waals surface area contributed by atoms with Crippen LogP contribution in [0.5, 0.6) is 5.75 Å². The maximum atomic E-state index is 12.6. The number of phenolic OH excluding ortho intramolecular Hbond substituents is 1. The number of fused-ring (bicyclic) bond motifs is 1. The Balaban J connectivity index is 1.76. The molecule has 0 unspecified atom stereocenters. The Labute approximate surface area is 177 Å². The number of imide groups is 1. The van der Waals surface area contributed by atoms with Gasteiger partial charge in [0.15, 0.2) is 0 Å². The molecule has 0 spiro atoms. The molecule has 1 fully saturated rings. The second kappa shape index (κ2) is 9.14. The van der Waals surface area contributed by atoms with Crippen LogP contribution in [-0.4, -0.2) is 51.8 Å². The van der Waals surface area contributed by atoms with Crippen molar-refractivity contribution in [1.29, 1.82) is 0 Å². The largest absolute Gasteiger partial charge is 0.508 e. The van der Waals surface area contributed by atoms with Crippen LogP contribution < -0.4 is 0 Å². The fraction of sp³-hybridized carbons (Fsp3) is 0.500. The normalized spacial score (nSPS) is 25.7. The highest BCUT2D eigenvalue weighted by atomic mass is 16.3. The average molecular weight is 414 g/mol. The van der Waals surface area contributed by atoms with Gasteiger partial charge in [-0.1, -0.05) is 36.3 Å². The summed E-state index contributed by atoms with van der Waals surface area (Å²) in [6, 6.07) is 6.97. The molecular formula is C24H31NO5. The van der Waals surface area contributed by atoms with E-state index in [9.17, 15) is 24.9 Å². The van der Waals surface area contributed by atoms with E-state index in [-0.39, 0.29) is 24.2 Å². The summed E-state index contributed by atoms with van der Waals surface area (Å²) < 4.78 is 0. The van der Waals surface area contributed by atoms with Gasteiger partial charge in [0.2, 0.25) is 11.8 Å². The highest BCUT2D eigenvalue weighted by Crippen LogP contribution is 2.45. The summed E-state index contributed by atoms with van der Waals surface area (Å²) in [7, 11) is 1.49. The Morgan fingerprint density at radius 3 is 2.50 bits per heavy atom. The van der Waals surface area contributed by atoms with Crippen molar-refractivity contribution in [2.75, 3.05) is 13.7 Å². The quantitative estimate of drug-likeness (QED) is 0.472. The minimum absolute atomic E-state index is 0.193. The Morgan fingerprint density at radius 2 is 1.90 bits per heavy atom. The predicted molar refractivity (Wildman–Crippen MR) is 114 cm³/mol. The van der Waals surface area contributed by atoms with Crippen LogP contribution in [0, 0.1) is 17.8 Å². The molecule has 6 nitrogen and oxygen atoms in total. The summed E-state index contributed by atoms with van der Waals surface area (Å²) in [6.07, 6.45) is 3.73. The predicted octanol–water partition coefficient (Wildman–Crippen LogP) is 2.89. The highest BCUT2D eigenvalue weighted by molar-refractivity contribution is 6.05. The van der Waals surface area contributed by atoms with Crippen LogP contribution >= 0.6 is 0 Å². The van der Waals surface area contributed by atoms with Gasteiger partial charge >= 0.3 is 0 Å². The molecule has 0 saturated carbocycles. The molecule has 1 heterocycles. The summed E-state index contributed by atoms with van der Waals surface area (Å²) in [5, 5.41) is 30.5. The first-order chi connectivity index (χ1) is 14.3. The minimum Gasteiger partial charge on any atom is -0.508 e. The van der Waals surface area contributed by atoms with Gasteiger partial charge in [0.1, 0.15) is 5.75 Å². The summed E-state index contributed by atoms with van der Waals surface area (Å²) in [5.41, 5.74) is 3.77. The smallest absolute Gasteiger partial charge is 0.233 e. The minimum atomic E-state index is -0.772. The zero-order valence-electron chi connectivity index (χ0n) is 17.8. The van der Waals surface area contributed by atoms with E-state index in [0.717, 1.165) is 28.0 Å². The number of hydrogen-bond donors (Lipinski definition) is 3. The molecule has 1 aliphatic heterocycles. The molecule has 30 heavy (non-hydrogen) atoms. The van der Waals surface area contributed by atoms with Crippen LogP contribution in [0.3, 0.4) is 0 Å². The van der Waals surface area contributed by atoms with Gasteiger partial charge in [0.05, 0.1) is 24.5 Å². The molecule has 0 bridgehead atoms. The molecule has 0 aromatic heterocycles. The second-order valence-corrected chi connectivity index (χ2v) is 8.40. The summed E-state index contributed by atoms with van der Waals surface area (Å²) >= 11 is 0. The molecule has 2 amide bonds. The second-order valence-electron chi connectivity index (χ2n) is 8.40. The maximum absolute atomic E-state index is 12.6. The number of aliphatic hydroxyl groups is 2. The number of phenols is 1. The Bertz CT molecular complexity index is 870. The number of aliphatic hydroxyl groups excluding tert-OH is 2.